The first kappa shape index (κ1) is 9.48. The summed E-state index contributed by atoms with van der Waals surface area (Å²) in [5.74, 6) is -0.426. The Hall–Kier alpha value is -0.610. The number of carbonyl (C=O) groups is 1. The zero-order chi connectivity index (χ0) is 9.14. The van der Waals surface area contributed by atoms with Crippen LogP contribution in [0.1, 0.15) is 13.3 Å². The fourth-order valence-corrected chi connectivity index (χ4v) is 1.75. The lowest BCUT2D eigenvalue weighted by Gasteiger charge is -2.32. The molecule has 4 heteroatoms. The molecule has 1 rings (SSSR count). The topological polar surface area (TPSA) is 60.8 Å². The van der Waals surface area contributed by atoms with E-state index in [0.29, 0.717) is 12.5 Å². The number of aliphatic carboxylic acids is 1. The molecule has 1 aliphatic rings. The lowest BCUT2D eigenvalue weighted by atomic mass is 9.98. The van der Waals surface area contributed by atoms with E-state index in [1.807, 2.05) is 6.92 Å². The molecule has 0 saturated carbocycles. The second-order valence-corrected chi connectivity index (χ2v) is 3.58. The highest BCUT2D eigenvalue weighted by atomic mass is 16.4. The van der Waals surface area contributed by atoms with Gasteiger partial charge in [-0.05, 0) is 12.3 Å². The Morgan fingerprint density at radius 3 is 2.75 bits per heavy atom. The van der Waals surface area contributed by atoms with Gasteiger partial charge in [-0.15, -0.1) is 0 Å². The van der Waals surface area contributed by atoms with Crippen molar-refractivity contribution in [3.8, 4) is 0 Å². The van der Waals surface area contributed by atoms with Crippen molar-refractivity contribution in [3.63, 3.8) is 0 Å². The lowest BCUT2D eigenvalue weighted by Crippen LogP contribution is -2.44. The summed E-state index contributed by atoms with van der Waals surface area (Å²) >= 11 is 0. The predicted octanol–water partition coefficient (Wildman–Crippen LogP) is -0.226. The van der Waals surface area contributed by atoms with Gasteiger partial charge in [0.1, 0.15) is 0 Å². The van der Waals surface area contributed by atoms with Gasteiger partial charge in [0.05, 0.1) is 12.6 Å². The summed E-state index contributed by atoms with van der Waals surface area (Å²) in [4.78, 5) is 12.1. The minimum atomic E-state index is -0.823. The number of rotatable bonds is 2. The van der Waals surface area contributed by atoms with Crippen molar-refractivity contribution in [1.82, 2.24) is 4.90 Å². The third-order valence-corrected chi connectivity index (χ3v) is 2.07. The third kappa shape index (κ3) is 2.79. The predicted molar refractivity (Wildman–Crippen MR) is 43.9 cm³/mol. The van der Waals surface area contributed by atoms with Gasteiger partial charge in [-0.25, -0.2) is 0 Å². The van der Waals surface area contributed by atoms with Gasteiger partial charge in [-0.1, -0.05) is 6.92 Å². The van der Waals surface area contributed by atoms with Crippen LogP contribution in [0.15, 0.2) is 0 Å². The number of carboxylic acid groups (broad SMARTS) is 1. The van der Waals surface area contributed by atoms with Gasteiger partial charge in [0, 0.05) is 13.1 Å². The van der Waals surface area contributed by atoms with Crippen molar-refractivity contribution in [1.29, 1.82) is 0 Å². The molecule has 1 fully saturated rings. The molecule has 70 valence electrons. The molecule has 2 N–H and O–H groups in total. The van der Waals surface area contributed by atoms with E-state index >= 15 is 0 Å². The van der Waals surface area contributed by atoms with Crippen LogP contribution >= 0.6 is 0 Å². The van der Waals surface area contributed by atoms with Crippen molar-refractivity contribution in [2.45, 2.75) is 19.4 Å². The molecule has 0 bridgehead atoms. The van der Waals surface area contributed by atoms with E-state index in [-0.39, 0.29) is 12.6 Å². The molecule has 1 aliphatic heterocycles. The zero-order valence-electron chi connectivity index (χ0n) is 7.23. The maximum atomic E-state index is 10.4. The number of hydrogen-bond donors (Lipinski definition) is 2. The molecule has 0 amide bonds. The minimum absolute atomic E-state index is 0.0431. The number of hydrogen-bond acceptors (Lipinski definition) is 3. The van der Waals surface area contributed by atoms with Crippen LogP contribution < -0.4 is 0 Å². The molecule has 2 atom stereocenters. The van der Waals surface area contributed by atoms with Crippen LogP contribution in [0.3, 0.4) is 0 Å². The summed E-state index contributed by atoms with van der Waals surface area (Å²) in [6.07, 6.45) is 0.434. The van der Waals surface area contributed by atoms with Crippen LogP contribution in [0.5, 0.6) is 0 Å². The van der Waals surface area contributed by atoms with Gasteiger partial charge in [0.2, 0.25) is 0 Å². The Morgan fingerprint density at radius 1 is 1.58 bits per heavy atom. The number of aliphatic hydroxyl groups is 1. The van der Waals surface area contributed by atoms with Crippen LogP contribution in [0.25, 0.3) is 0 Å². The summed E-state index contributed by atoms with van der Waals surface area (Å²) in [7, 11) is 0. The van der Waals surface area contributed by atoms with Gasteiger partial charge < -0.3 is 10.2 Å². The van der Waals surface area contributed by atoms with Crippen molar-refractivity contribution >= 4 is 5.97 Å². The van der Waals surface area contributed by atoms with Gasteiger partial charge in [0.15, 0.2) is 0 Å². The quantitative estimate of drug-likeness (QED) is 0.605. The van der Waals surface area contributed by atoms with Crippen LogP contribution in [-0.2, 0) is 4.79 Å². The summed E-state index contributed by atoms with van der Waals surface area (Å²) in [5, 5.41) is 17.8. The van der Waals surface area contributed by atoms with Gasteiger partial charge in [-0.2, -0.15) is 0 Å². The molecule has 0 aliphatic carbocycles. The monoisotopic (exact) mass is 173 g/mol. The first-order chi connectivity index (χ1) is 5.58. The molecule has 1 saturated heterocycles. The van der Waals surface area contributed by atoms with Crippen LogP contribution in [0.2, 0.25) is 0 Å². The van der Waals surface area contributed by atoms with E-state index in [2.05, 4.69) is 0 Å². The van der Waals surface area contributed by atoms with Crippen LogP contribution in [0.4, 0.5) is 0 Å². The van der Waals surface area contributed by atoms with E-state index in [1.54, 1.807) is 4.90 Å². The van der Waals surface area contributed by atoms with Gasteiger partial charge in [0.25, 0.3) is 0 Å². The average molecular weight is 173 g/mol. The van der Waals surface area contributed by atoms with E-state index in [4.69, 9.17) is 5.11 Å². The second-order valence-electron chi connectivity index (χ2n) is 3.58. The molecule has 0 spiro atoms. The van der Waals surface area contributed by atoms with E-state index in [0.717, 1.165) is 13.0 Å². The second kappa shape index (κ2) is 3.87. The number of β-amino-alcohol motifs (C(OH)–C–C–N with tert-alkyl or cyclic N) is 1. The molecule has 0 aromatic heterocycles. The lowest BCUT2D eigenvalue weighted by molar-refractivity contribution is -0.139. The molecule has 0 aromatic carbocycles. The van der Waals surface area contributed by atoms with Crippen molar-refractivity contribution in [2.75, 3.05) is 19.6 Å². The van der Waals surface area contributed by atoms with Crippen LogP contribution in [0, 0.1) is 5.92 Å². The van der Waals surface area contributed by atoms with Gasteiger partial charge >= 0.3 is 5.97 Å². The summed E-state index contributed by atoms with van der Waals surface area (Å²) < 4.78 is 0. The molecular weight excluding hydrogens is 158 g/mol. The number of aliphatic hydroxyl groups excluding tert-OH is 1. The first-order valence-electron chi connectivity index (χ1n) is 4.20. The fourth-order valence-electron chi connectivity index (χ4n) is 1.75. The Morgan fingerprint density at radius 2 is 2.25 bits per heavy atom. The highest BCUT2D eigenvalue weighted by molar-refractivity contribution is 5.69. The number of carboxylic acids is 1. The fraction of sp³-hybridized carbons (Fsp3) is 0.875. The number of piperidine rings is 1. The minimum Gasteiger partial charge on any atom is -0.480 e. The average Bonchev–Trinajstić information content (AvgIpc) is 1.81. The van der Waals surface area contributed by atoms with Crippen molar-refractivity contribution in [2.24, 2.45) is 5.92 Å². The Bertz CT molecular complexity index is 162. The molecule has 12 heavy (non-hydrogen) atoms. The standard InChI is InChI=1S/C8H15NO3/c1-6-2-7(10)4-9(3-6)5-8(11)12/h6-7,10H,2-5H2,1H3,(H,11,12). The smallest absolute Gasteiger partial charge is 0.317 e. The summed E-state index contributed by atoms with van der Waals surface area (Å²) in [5.41, 5.74) is 0. The maximum Gasteiger partial charge on any atom is 0.317 e. The number of nitrogens with zero attached hydrogens (tertiary/aromatic N) is 1. The number of likely N-dealkylation sites (tertiary alicyclic amines) is 1. The third-order valence-electron chi connectivity index (χ3n) is 2.07. The highest BCUT2D eigenvalue weighted by Gasteiger charge is 2.23. The highest BCUT2D eigenvalue weighted by Crippen LogP contribution is 2.15. The largest absolute Gasteiger partial charge is 0.480 e. The molecule has 0 aromatic rings. The maximum absolute atomic E-state index is 10.4. The zero-order valence-corrected chi connectivity index (χ0v) is 7.23. The van der Waals surface area contributed by atoms with Crippen molar-refractivity contribution < 1.29 is 15.0 Å². The Kier molecular flexibility index (Phi) is 3.05. The first-order valence-corrected chi connectivity index (χ1v) is 4.20. The van der Waals surface area contributed by atoms with E-state index in [1.165, 1.54) is 0 Å². The Balaban J connectivity index is 2.38. The Labute approximate surface area is 71.8 Å². The molecule has 1 heterocycles. The van der Waals surface area contributed by atoms with Crippen molar-refractivity contribution in [3.05, 3.63) is 0 Å². The SMILES string of the molecule is CC1CC(O)CN(CC(=O)O)C1. The summed E-state index contributed by atoms with van der Waals surface area (Å²) in [6, 6.07) is 0. The van der Waals surface area contributed by atoms with E-state index < -0.39 is 5.97 Å². The van der Waals surface area contributed by atoms with Crippen LogP contribution in [-0.4, -0.2) is 46.8 Å². The molecule has 4 nitrogen and oxygen atoms in total. The van der Waals surface area contributed by atoms with E-state index in [9.17, 15) is 9.90 Å². The molecule has 2 unspecified atom stereocenters. The molecule has 0 radical (unpaired) electrons. The summed E-state index contributed by atoms with van der Waals surface area (Å²) in [6.45, 7) is 3.35. The molecular formula is C8H15NO3. The van der Waals surface area contributed by atoms with Gasteiger partial charge in [-0.3, -0.25) is 9.69 Å². The normalized spacial score (nSPS) is 31.8.